The maximum absolute atomic E-state index is 12.7. The summed E-state index contributed by atoms with van der Waals surface area (Å²) in [4.78, 5) is 44.9. The van der Waals surface area contributed by atoms with Gasteiger partial charge in [-0.15, -0.1) is 0 Å². The molecule has 2 aliphatic rings. The molecule has 2 saturated heterocycles. The SMILES string of the molecule is C[C@H](C(=O)N1CCCCC1)N1CCN(c2ncc([N+](=O)[O-])cc2C(N)=O)CC1. The van der Waals surface area contributed by atoms with Crippen LogP contribution in [-0.2, 0) is 4.79 Å². The van der Waals surface area contributed by atoms with E-state index in [4.69, 9.17) is 5.73 Å². The highest BCUT2D eigenvalue weighted by Crippen LogP contribution is 2.24. The molecule has 0 radical (unpaired) electrons. The van der Waals surface area contributed by atoms with Crippen molar-refractivity contribution in [1.29, 1.82) is 0 Å². The van der Waals surface area contributed by atoms with Gasteiger partial charge >= 0.3 is 0 Å². The first-order valence-electron chi connectivity index (χ1n) is 9.60. The smallest absolute Gasteiger partial charge is 0.288 e. The van der Waals surface area contributed by atoms with Crippen LogP contribution in [0.15, 0.2) is 12.3 Å². The van der Waals surface area contributed by atoms with Gasteiger partial charge in [-0.1, -0.05) is 0 Å². The van der Waals surface area contributed by atoms with E-state index in [1.165, 1.54) is 12.5 Å². The Morgan fingerprint density at radius 3 is 2.36 bits per heavy atom. The largest absolute Gasteiger partial charge is 0.365 e. The van der Waals surface area contributed by atoms with Gasteiger partial charge in [0.05, 0.1) is 16.5 Å². The summed E-state index contributed by atoms with van der Waals surface area (Å²) in [6.07, 6.45) is 4.44. The molecule has 2 N–H and O–H groups in total. The number of likely N-dealkylation sites (tertiary alicyclic amines) is 1. The minimum atomic E-state index is -0.748. The second kappa shape index (κ2) is 8.51. The molecule has 0 spiro atoms. The van der Waals surface area contributed by atoms with Gasteiger partial charge < -0.3 is 15.5 Å². The van der Waals surface area contributed by atoms with Gasteiger partial charge in [0.2, 0.25) is 5.91 Å². The molecule has 3 rings (SSSR count). The number of nitro groups is 1. The van der Waals surface area contributed by atoms with E-state index in [0.717, 1.165) is 32.1 Å². The summed E-state index contributed by atoms with van der Waals surface area (Å²) in [6.45, 7) is 5.99. The number of piperidine rings is 1. The first-order chi connectivity index (χ1) is 13.4. The lowest BCUT2D eigenvalue weighted by Crippen LogP contribution is -2.55. The Morgan fingerprint density at radius 1 is 1.14 bits per heavy atom. The molecule has 0 aliphatic carbocycles. The van der Waals surface area contributed by atoms with Crippen molar-refractivity contribution < 1.29 is 14.5 Å². The van der Waals surface area contributed by atoms with E-state index in [2.05, 4.69) is 9.88 Å². The molecule has 10 heteroatoms. The summed E-state index contributed by atoms with van der Waals surface area (Å²) in [5.41, 5.74) is 5.17. The molecule has 2 amide bonds. The number of piperazine rings is 1. The predicted octanol–water partition coefficient (Wildman–Crippen LogP) is 0.612. The average molecular weight is 390 g/mol. The molecular formula is C18H26N6O4. The Kier molecular flexibility index (Phi) is 6.08. The third-order valence-electron chi connectivity index (χ3n) is 5.52. The zero-order valence-corrected chi connectivity index (χ0v) is 16.0. The van der Waals surface area contributed by atoms with Crippen molar-refractivity contribution >= 4 is 23.3 Å². The molecule has 0 unspecified atom stereocenters. The molecule has 0 bridgehead atoms. The Labute approximate surface area is 163 Å². The maximum Gasteiger partial charge on any atom is 0.288 e. The Morgan fingerprint density at radius 2 is 1.79 bits per heavy atom. The molecule has 1 aromatic rings. The average Bonchev–Trinajstić information content (AvgIpc) is 2.73. The van der Waals surface area contributed by atoms with Gasteiger partial charge in [-0.05, 0) is 26.2 Å². The number of rotatable bonds is 5. The maximum atomic E-state index is 12.7. The highest BCUT2D eigenvalue weighted by atomic mass is 16.6. The van der Waals surface area contributed by atoms with E-state index in [0.29, 0.717) is 32.0 Å². The number of hydrogen-bond donors (Lipinski definition) is 1. The van der Waals surface area contributed by atoms with Gasteiger partial charge in [0.15, 0.2) is 0 Å². The topological polar surface area (TPSA) is 126 Å². The number of nitrogens with zero attached hydrogens (tertiary/aromatic N) is 5. The third-order valence-corrected chi connectivity index (χ3v) is 5.52. The minimum Gasteiger partial charge on any atom is -0.365 e. The standard InChI is InChI=1S/C18H26N6O4/c1-13(18(26)23-5-3-2-4-6-23)21-7-9-22(10-8-21)17-15(16(19)25)11-14(12-20-17)24(27)28/h11-13H,2-10H2,1H3,(H2,19,25)/t13-/m1/s1. The number of pyridine rings is 1. The molecule has 0 saturated carbocycles. The number of aromatic nitrogens is 1. The quantitative estimate of drug-likeness (QED) is 0.576. The van der Waals surface area contributed by atoms with Crippen molar-refractivity contribution in [2.45, 2.75) is 32.2 Å². The molecular weight excluding hydrogens is 364 g/mol. The van der Waals surface area contributed by atoms with Crippen LogP contribution in [0, 0.1) is 10.1 Å². The fourth-order valence-corrected chi connectivity index (χ4v) is 3.84. The van der Waals surface area contributed by atoms with Crippen molar-refractivity contribution in [3.63, 3.8) is 0 Å². The van der Waals surface area contributed by atoms with E-state index < -0.39 is 10.8 Å². The number of anilines is 1. The lowest BCUT2D eigenvalue weighted by molar-refractivity contribution is -0.385. The van der Waals surface area contributed by atoms with Crippen molar-refractivity contribution in [2.24, 2.45) is 5.73 Å². The lowest BCUT2D eigenvalue weighted by Gasteiger charge is -2.40. The second-order valence-corrected chi connectivity index (χ2v) is 7.27. The summed E-state index contributed by atoms with van der Waals surface area (Å²) in [6, 6.07) is 0.972. The van der Waals surface area contributed by atoms with Crippen LogP contribution in [0.3, 0.4) is 0 Å². The summed E-state index contributed by atoms with van der Waals surface area (Å²) < 4.78 is 0. The Bertz CT molecular complexity index is 756. The molecule has 2 aliphatic heterocycles. The van der Waals surface area contributed by atoms with Gasteiger partial charge in [0, 0.05) is 45.3 Å². The van der Waals surface area contributed by atoms with E-state index in [1.807, 2.05) is 16.7 Å². The van der Waals surface area contributed by atoms with Gasteiger partial charge in [-0.3, -0.25) is 24.6 Å². The van der Waals surface area contributed by atoms with Crippen molar-refractivity contribution in [3.05, 3.63) is 27.9 Å². The minimum absolute atomic E-state index is 0.0418. The van der Waals surface area contributed by atoms with Crippen LogP contribution in [0.1, 0.15) is 36.5 Å². The Balaban J connectivity index is 1.65. The van der Waals surface area contributed by atoms with Crippen LogP contribution in [0.25, 0.3) is 0 Å². The summed E-state index contributed by atoms with van der Waals surface area (Å²) in [7, 11) is 0. The summed E-state index contributed by atoms with van der Waals surface area (Å²) >= 11 is 0. The predicted molar refractivity (Wildman–Crippen MR) is 103 cm³/mol. The van der Waals surface area contributed by atoms with E-state index in [9.17, 15) is 19.7 Å². The van der Waals surface area contributed by atoms with Crippen LogP contribution in [0.2, 0.25) is 0 Å². The highest BCUT2D eigenvalue weighted by molar-refractivity contribution is 5.98. The number of carbonyl (C=O) groups excluding carboxylic acids is 2. The van der Waals surface area contributed by atoms with E-state index >= 15 is 0 Å². The van der Waals surface area contributed by atoms with Crippen molar-refractivity contribution in [2.75, 3.05) is 44.2 Å². The fraction of sp³-hybridized carbons (Fsp3) is 0.611. The van der Waals surface area contributed by atoms with Gasteiger partial charge in [-0.25, -0.2) is 4.98 Å². The molecule has 3 heterocycles. The van der Waals surface area contributed by atoms with Crippen molar-refractivity contribution in [1.82, 2.24) is 14.8 Å². The van der Waals surface area contributed by atoms with Crippen LogP contribution in [0.5, 0.6) is 0 Å². The van der Waals surface area contributed by atoms with Crippen molar-refractivity contribution in [3.8, 4) is 0 Å². The van der Waals surface area contributed by atoms with Gasteiger partial charge in [-0.2, -0.15) is 0 Å². The number of carbonyl (C=O) groups is 2. The zero-order chi connectivity index (χ0) is 20.3. The highest BCUT2D eigenvalue weighted by Gasteiger charge is 2.31. The fourth-order valence-electron chi connectivity index (χ4n) is 3.84. The van der Waals surface area contributed by atoms with Crippen LogP contribution >= 0.6 is 0 Å². The van der Waals surface area contributed by atoms with E-state index in [1.54, 1.807) is 0 Å². The number of primary amides is 1. The molecule has 152 valence electrons. The first kappa shape index (κ1) is 20.0. The second-order valence-electron chi connectivity index (χ2n) is 7.27. The Hall–Kier alpha value is -2.75. The van der Waals surface area contributed by atoms with Gasteiger partial charge in [0.1, 0.15) is 12.0 Å². The zero-order valence-electron chi connectivity index (χ0n) is 16.0. The summed E-state index contributed by atoms with van der Waals surface area (Å²) in [5, 5.41) is 10.9. The molecule has 2 fully saturated rings. The van der Waals surface area contributed by atoms with Gasteiger partial charge in [0.25, 0.3) is 11.6 Å². The molecule has 0 aromatic carbocycles. The summed E-state index contributed by atoms with van der Waals surface area (Å²) in [5.74, 6) is -0.227. The third kappa shape index (κ3) is 4.22. The normalized spacial score (nSPS) is 19.3. The number of amides is 2. The number of nitrogens with two attached hydrogens (primary N) is 1. The first-order valence-corrected chi connectivity index (χ1v) is 9.60. The molecule has 28 heavy (non-hydrogen) atoms. The monoisotopic (exact) mass is 390 g/mol. The van der Waals surface area contributed by atoms with E-state index in [-0.39, 0.29) is 23.2 Å². The van der Waals surface area contributed by atoms with Crippen LogP contribution in [-0.4, -0.2) is 76.8 Å². The molecule has 1 atom stereocenters. The number of hydrogen-bond acceptors (Lipinski definition) is 7. The lowest BCUT2D eigenvalue weighted by atomic mass is 10.1. The van der Waals surface area contributed by atoms with Crippen LogP contribution in [0.4, 0.5) is 11.5 Å². The molecule has 10 nitrogen and oxygen atoms in total. The van der Waals surface area contributed by atoms with Crippen LogP contribution < -0.4 is 10.6 Å². The molecule has 1 aromatic heterocycles.